The van der Waals surface area contributed by atoms with E-state index in [1.807, 2.05) is 16.7 Å². The molecular formula is C15H31N3OS. The van der Waals surface area contributed by atoms with E-state index in [9.17, 15) is 4.79 Å². The van der Waals surface area contributed by atoms with E-state index in [0.717, 1.165) is 31.1 Å². The number of amides is 1. The van der Waals surface area contributed by atoms with Gasteiger partial charge in [-0.3, -0.25) is 4.79 Å². The molecule has 0 aromatic rings. The van der Waals surface area contributed by atoms with Crippen LogP contribution in [-0.4, -0.2) is 72.5 Å². The van der Waals surface area contributed by atoms with Crippen LogP contribution in [0.4, 0.5) is 0 Å². The Bertz CT molecular complexity index is 254. The molecule has 2 heterocycles. The molecule has 2 rings (SSSR count). The molecule has 2 aliphatic heterocycles. The molecule has 0 aromatic carbocycles. The molecule has 5 heteroatoms. The van der Waals surface area contributed by atoms with E-state index in [0.29, 0.717) is 5.91 Å². The van der Waals surface area contributed by atoms with Crippen molar-refractivity contribution in [3.05, 3.63) is 0 Å². The summed E-state index contributed by atoms with van der Waals surface area (Å²) in [6.45, 7) is 13.1. The topological polar surface area (TPSA) is 35.6 Å². The summed E-state index contributed by atoms with van der Waals surface area (Å²) in [5.41, 5.74) is 0. The van der Waals surface area contributed by atoms with Crippen LogP contribution in [-0.2, 0) is 4.79 Å². The first-order valence-corrected chi connectivity index (χ1v) is 9.20. The summed E-state index contributed by atoms with van der Waals surface area (Å²) in [6.07, 6.45) is 2.37. The number of nitrogens with one attached hydrogen (secondary N) is 1. The molecule has 0 aliphatic carbocycles. The Morgan fingerprint density at radius 2 is 1.80 bits per heavy atom. The first kappa shape index (κ1) is 17.8. The van der Waals surface area contributed by atoms with Crippen molar-refractivity contribution in [2.45, 2.75) is 39.7 Å². The second kappa shape index (κ2) is 10.5. The summed E-state index contributed by atoms with van der Waals surface area (Å²) < 4.78 is 0. The lowest BCUT2D eigenvalue weighted by molar-refractivity contribution is -0.131. The fourth-order valence-corrected chi connectivity index (χ4v) is 3.48. The van der Waals surface area contributed by atoms with Crippen molar-refractivity contribution in [2.24, 2.45) is 0 Å². The third-order valence-electron chi connectivity index (χ3n) is 3.98. The van der Waals surface area contributed by atoms with Gasteiger partial charge in [-0.25, -0.2) is 0 Å². The van der Waals surface area contributed by atoms with Crippen LogP contribution in [0.1, 0.15) is 33.6 Å². The van der Waals surface area contributed by atoms with E-state index >= 15 is 0 Å². The summed E-state index contributed by atoms with van der Waals surface area (Å²) in [5.74, 6) is 2.42. The van der Waals surface area contributed by atoms with Crippen LogP contribution in [0.2, 0.25) is 0 Å². The number of likely N-dealkylation sites (tertiary alicyclic amines) is 1. The molecule has 0 bridgehead atoms. The van der Waals surface area contributed by atoms with Gasteiger partial charge in [-0.05, 0) is 32.5 Å². The predicted molar refractivity (Wildman–Crippen MR) is 88.4 cm³/mol. The first-order valence-electron chi connectivity index (χ1n) is 8.05. The predicted octanol–water partition coefficient (Wildman–Crippen LogP) is 1.66. The normalized spacial score (nSPS) is 22.6. The smallest absolute Gasteiger partial charge is 0.240 e. The minimum absolute atomic E-state index is 0.0943. The van der Waals surface area contributed by atoms with Gasteiger partial charge in [-0.15, -0.1) is 0 Å². The Morgan fingerprint density at radius 1 is 1.20 bits per heavy atom. The Labute approximate surface area is 128 Å². The Kier molecular flexibility index (Phi) is 9.31. The highest BCUT2D eigenvalue weighted by atomic mass is 32.2. The summed E-state index contributed by atoms with van der Waals surface area (Å²) in [7, 11) is 0. The third-order valence-corrected chi connectivity index (χ3v) is 5.04. The van der Waals surface area contributed by atoms with Crippen LogP contribution in [0.15, 0.2) is 0 Å². The lowest BCUT2D eigenvalue weighted by atomic mass is 10.3. The van der Waals surface area contributed by atoms with Gasteiger partial charge in [-0.2, -0.15) is 11.8 Å². The van der Waals surface area contributed by atoms with Crippen LogP contribution in [0.5, 0.6) is 0 Å². The van der Waals surface area contributed by atoms with Gasteiger partial charge in [0, 0.05) is 31.1 Å². The number of hydrogen-bond donors (Lipinski definition) is 1. The average Bonchev–Trinajstić information content (AvgIpc) is 3.04. The largest absolute Gasteiger partial charge is 0.341 e. The highest BCUT2D eigenvalue weighted by molar-refractivity contribution is 7.99. The fourth-order valence-electron chi connectivity index (χ4n) is 2.55. The van der Waals surface area contributed by atoms with Gasteiger partial charge in [0.15, 0.2) is 0 Å². The molecule has 0 saturated carbocycles. The monoisotopic (exact) mass is 301 g/mol. The van der Waals surface area contributed by atoms with Crippen molar-refractivity contribution in [3.8, 4) is 0 Å². The molecule has 1 unspecified atom stereocenters. The minimum Gasteiger partial charge on any atom is -0.341 e. The van der Waals surface area contributed by atoms with Crippen LogP contribution in [0, 0.1) is 0 Å². The number of carbonyl (C=O) groups is 1. The molecule has 1 atom stereocenters. The van der Waals surface area contributed by atoms with Gasteiger partial charge in [-0.1, -0.05) is 20.8 Å². The zero-order chi connectivity index (χ0) is 14.8. The first-order chi connectivity index (χ1) is 9.72. The van der Waals surface area contributed by atoms with Gasteiger partial charge in [0.25, 0.3) is 0 Å². The van der Waals surface area contributed by atoms with E-state index in [2.05, 4.69) is 31.0 Å². The highest BCUT2D eigenvalue weighted by Gasteiger charge is 2.27. The molecule has 0 radical (unpaired) electrons. The van der Waals surface area contributed by atoms with Gasteiger partial charge in [0.05, 0.1) is 6.04 Å². The van der Waals surface area contributed by atoms with Crippen molar-refractivity contribution in [3.63, 3.8) is 0 Å². The number of nitrogens with zero attached hydrogens (tertiary/aromatic N) is 2. The summed E-state index contributed by atoms with van der Waals surface area (Å²) in [5, 5.41) is 3.28. The van der Waals surface area contributed by atoms with Crippen LogP contribution in [0.25, 0.3) is 0 Å². The molecule has 0 spiro atoms. The number of carbonyl (C=O) groups excluding carboxylic acids is 1. The van der Waals surface area contributed by atoms with Crippen molar-refractivity contribution in [1.29, 1.82) is 0 Å². The van der Waals surface area contributed by atoms with Crippen molar-refractivity contribution < 1.29 is 4.79 Å². The summed E-state index contributed by atoms with van der Waals surface area (Å²) in [4.78, 5) is 16.2. The maximum atomic E-state index is 11.9. The molecule has 0 aromatic heterocycles. The zero-order valence-corrected chi connectivity index (χ0v) is 14.2. The van der Waals surface area contributed by atoms with E-state index in [1.54, 1.807) is 0 Å². The van der Waals surface area contributed by atoms with Crippen LogP contribution in [0.3, 0.4) is 0 Å². The summed E-state index contributed by atoms with van der Waals surface area (Å²) >= 11 is 1.88. The molecular weight excluding hydrogens is 270 g/mol. The average molecular weight is 302 g/mol. The molecule has 118 valence electrons. The quantitative estimate of drug-likeness (QED) is 0.857. The number of hydrogen-bond acceptors (Lipinski definition) is 4. The maximum absolute atomic E-state index is 11.9. The lowest BCUT2D eigenvalue weighted by Crippen LogP contribution is -2.49. The Balaban J connectivity index is 0.000000246. The summed E-state index contributed by atoms with van der Waals surface area (Å²) in [6, 6.07) is 0.0943. The van der Waals surface area contributed by atoms with E-state index in [1.165, 1.54) is 32.5 Å². The fraction of sp³-hybridized carbons (Fsp3) is 0.933. The third kappa shape index (κ3) is 6.02. The van der Waals surface area contributed by atoms with Gasteiger partial charge < -0.3 is 15.1 Å². The molecule has 2 saturated heterocycles. The van der Waals surface area contributed by atoms with Crippen molar-refractivity contribution >= 4 is 17.7 Å². The zero-order valence-electron chi connectivity index (χ0n) is 13.4. The number of thioether (sulfide) groups is 1. The van der Waals surface area contributed by atoms with Gasteiger partial charge >= 0.3 is 0 Å². The molecule has 2 fully saturated rings. The molecule has 20 heavy (non-hydrogen) atoms. The number of rotatable bonds is 4. The second-order valence-corrected chi connectivity index (χ2v) is 6.38. The van der Waals surface area contributed by atoms with Crippen molar-refractivity contribution in [1.82, 2.24) is 15.1 Å². The Morgan fingerprint density at radius 3 is 2.20 bits per heavy atom. The second-order valence-electron chi connectivity index (χ2n) is 5.23. The maximum Gasteiger partial charge on any atom is 0.240 e. The van der Waals surface area contributed by atoms with E-state index < -0.39 is 0 Å². The molecule has 1 N–H and O–H groups in total. The standard InChI is InChI=1S/C9H16N2OS.C6H15N/c12-9(11-4-1-2-5-11)8-7-13-6-3-10-8;1-4-7(5-2)6-3/h8,10H,1-7H2;4-6H2,1-3H3. The van der Waals surface area contributed by atoms with Crippen molar-refractivity contribution in [2.75, 3.05) is 50.8 Å². The van der Waals surface area contributed by atoms with E-state index in [4.69, 9.17) is 0 Å². The van der Waals surface area contributed by atoms with Gasteiger partial charge in [0.1, 0.15) is 0 Å². The van der Waals surface area contributed by atoms with Crippen LogP contribution < -0.4 is 5.32 Å². The minimum atomic E-state index is 0.0943. The molecule has 1 amide bonds. The van der Waals surface area contributed by atoms with Gasteiger partial charge in [0.2, 0.25) is 5.91 Å². The Hall–Kier alpha value is -0.260. The molecule has 4 nitrogen and oxygen atoms in total. The lowest BCUT2D eigenvalue weighted by Gasteiger charge is -2.26. The molecule has 2 aliphatic rings. The highest BCUT2D eigenvalue weighted by Crippen LogP contribution is 2.13. The van der Waals surface area contributed by atoms with Crippen LogP contribution >= 0.6 is 11.8 Å². The van der Waals surface area contributed by atoms with E-state index in [-0.39, 0.29) is 6.04 Å². The SMILES string of the molecule is CCN(CC)CC.O=C(C1CSCCN1)N1CCCC1.